The van der Waals surface area contributed by atoms with Crippen LogP contribution in [0.1, 0.15) is 19.8 Å². The summed E-state index contributed by atoms with van der Waals surface area (Å²) >= 11 is 11.7. The SMILES string of the molecule is CCOC(=O)C1CCN(CC(=O)Nc2ncc(Cl)cc2Cl)CC1. The maximum absolute atomic E-state index is 12.1. The summed E-state index contributed by atoms with van der Waals surface area (Å²) in [5, 5.41) is 3.37. The Morgan fingerprint density at radius 1 is 1.39 bits per heavy atom. The van der Waals surface area contributed by atoms with Crippen molar-refractivity contribution >= 4 is 40.9 Å². The van der Waals surface area contributed by atoms with Gasteiger partial charge in [-0.1, -0.05) is 23.2 Å². The number of hydrogen-bond acceptors (Lipinski definition) is 5. The average molecular weight is 360 g/mol. The predicted molar refractivity (Wildman–Crippen MR) is 88.7 cm³/mol. The third-order valence-electron chi connectivity index (χ3n) is 3.64. The van der Waals surface area contributed by atoms with Crippen LogP contribution in [0.25, 0.3) is 0 Å². The molecule has 1 aromatic rings. The lowest BCUT2D eigenvalue weighted by atomic mass is 9.97. The van der Waals surface area contributed by atoms with Crippen LogP contribution in [0.15, 0.2) is 12.3 Å². The van der Waals surface area contributed by atoms with Crippen molar-refractivity contribution in [2.24, 2.45) is 5.92 Å². The number of anilines is 1. The summed E-state index contributed by atoms with van der Waals surface area (Å²) in [6, 6.07) is 1.52. The van der Waals surface area contributed by atoms with E-state index in [0.29, 0.717) is 48.4 Å². The quantitative estimate of drug-likeness (QED) is 0.818. The highest BCUT2D eigenvalue weighted by Gasteiger charge is 2.26. The standard InChI is InChI=1S/C15H19Cl2N3O3/c1-2-23-15(22)10-3-5-20(6-4-10)9-13(21)19-14-12(17)7-11(16)8-18-14/h7-8,10H,2-6,9H2,1H3,(H,18,19,21). The second-order valence-corrected chi connectivity index (χ2v) is 6.18. The number of aromatic nitrogens is 1. The van der Waals surface area contributed by atoms with Crippen molar-refractivity contribution in [3.8, 4) is 0 Å². The van der Waals surface area contributed by atoms with Crippen LogP contribution in [0.4, 0.5) is 5.82 Å². The van der Waals surface area contributed by atoms with E-state index in [2.05, 4.69) is 10.3 Å². The number of carbonyl (C=O) groups excluding carboxylic acids is 2. The van der Waals surface area contributed by atoms with Crippen LogP contribution in [0.3, 0.4) is 0 Å². The minimum Gasteiger partial charge on any atom is -0.466 e. The largest absolute Gasteiger partial charge is 0.466 e. The van der Waals surface area contributed by atoms with Gasteiger partial charge in [-0.25, -0.2) is 4.98 Å². The van der Waals surface area contributed by atoms with Gasteiger partial charge in [-0.05, 0) is 38.9 Å². The normalized spacial score (nSPS) is 16.1. The van der Waals surface area contributed by atoms with Crippen LogP contribution in [0.2, 0.25) is 10.0 Å². The molecule has 1 N–H and O–H groups in total. The summed E-state index contributed by atoms with van der Waals surface area (Å²) in [5.41, 5.74) is 0. The van der Waals surface area contributed by atoms with Crippen molar-refractivity contribution in [3.05, 3.63) is 22.3 Å². The molecule has 126 valence electrons. The molecule has 0 aliphatic carbocycles. The number of carbonyl (C=O) groups is 2. The van der Waals surface area contributed by atoms with E-state index in [1.54, 1.807) is 6.92 Å². The molecule has 0 saturated carbocycles. The molecule has 1 fully saturated rings. The minimum absolute atomic E-state index is 0.0679. The van der Waals surface area contributed by atoms with Crippen molar-refractivity contribution in [1.82, 2.24) is 9.88 Å². The number of halogens is 2. The molecule has 1 aromatic heterocycles. The first kappa shape index (κ1) is 18.0. The Hall–Kier alpha value is -1.37. The molecule has 8 heteroatoms. The molecule has 0 bridgehead atoms. The fraction of sp³-hybridized carbons (Fsp3) is 0.533. The third-order valence-corrected chi connectivity index (χ3v) is 4.14. The second-order valence-electron chi connectivity index (χ2n) is 5.33. The lowest BCUT2D eigenvalue weighted by molar-refractivity contribution is -0.149. The predicted octanol–water partition coefficient (Wildman–Crippen LogP) is 2.60. The Morgan fingerprint density at radius 2 is 2.09 bits per heavy atom. The molecule has 0 atom stereocenters. The van der Waals surface area contributed by atoms with E-state index in [4.69, 9.17) is 27.9 Å². The minimum atomic E-state index is -0.198. The van der Waals surface area contributed by atoms with Crippen molar-refractivity contribution < 1.29 is 14.3 Å². The van der Waals surface area contributed by atoms with Crippen LogP contribution in [0.5, 0.6) is 0 Å². The van der Waals surface area contributed by atoms with Gasteiger partial charge in [0.05, 0.1) is 29.1 Å². The van der Waals surface area contributed by atoms with Gasteiger partial charge in [0, 0.05) is 6.20 Å². The summed E-state index contributed by atoms with van der Waals surface area (Å²) in [7, 11) is 0. The highest BCUT2D eigenvalue weighted by Crippen LogP contribution is 2.23. The number of amides is 1. The van der Waals surface area contributed by atoms with Gasteiger partial charge in [-0.2, -0.15) is 0 Å². The van der Waals surface area contributed by atoms with Crippen LogP contribution < -0.4 is 5.32 Å². The molecule has 1 aliphatic rings. The fourth-order valence-corrected chi connectivity index (χ4v) is 2.90. The molecule has 2 heterocycles. The highest BCUT2D eigenvalue weighted by atomic mass is 35.5. The molecule has 2 rings (SSSR count). The molecule has 1 saturated heterocycles. The van der Waals surface area contributed by atoms with E-state index >= 15 is 0 Å². The van der Waals surface area contributed by atoms with Crippen LogP contribution in [-0.4, -0.2) is 48.0 Å². The molecule has 1 amide bonds. The molecule has 0 spiro atoms. The lowest BCUT2D eigenvalue weighted by Crippen LogP contribution is -2.41. The van der Waals surface area contributed by atoms with Crippen LogP contribution in [-0.2, 0) is 14.3 Å². The molecular weight excluding hydrogens is 341 g/mol. The topological polar surface area (TPSA) is 71.5 Å². The number of pyridine rings is 1. The third kappa shape index (κ3) is 5.34. The zero-order valence-electron chi connectivity index (χ0n) is 12.8. The van der Waals surface area contributed by atoms with E-state index in [1.807, 2.05) is 4.90 Å². The van der Waals surface area contributed by atoms with E-state index in [1.165, 1.54) is 12.3 Å². The smallest absolute Gasteiger partial charge is 0.309 e. The molecule has 6 nitrogen and oxygen atoms in total. The Bertz CT molecular complexity index is 575. The highest BCUT2D eigenvalue weighted by molar-refractivity contribution is 6.36. The number of hydrogen-bond donors (Lipinski definition) is 1. The summed E-state index contributed by atoms with van der Waals surface area (Å²) in [6.45, 7) is 3.79. The molecule has 0 unspecified atom stereocenters. The van der Waals surface area contributed by atoms with Crippen molar-refractivity contribution in [1.29, 1.82) is 0 Å². The van der Waals surface area contributed by atoms with Crippen molar-refractivity contribution in [2.75, 3.05) is 31.6 Å². The van der Waals surface area contributed by atoms with E-state index in [-0.39, 0.29) is 24.3 Å². The lowest BCUT2D eigenvalue weighted by Gasteiger charge is -2.30. The van der Waals surface area contributed by atoms with Crippen LogP contribution in [0, 0.1) is 5.92 Å². The van der Waals surface area contributed by atoms with Gasteiger partial charge in [-0.3, -0.25) is 14.5 Å². The van der Waals surface area contributed by atoms with E-state index in [9.17, 15) is 9.59 Å². The maximum Gasteiger partial charge on any atom is 0.309 e. The van der Waals surface area contributed by atoms with E-state index in [0.717, 1.165) is 0 Å². The monoisotopic (exact) mass is 359 g/mol. The molecule has 1 aliphatic heterocycles. The Morgan fingerprint density at radius 3 is 2.70 bits per heavy atom. The van der Waals surface area contributed by atoms with Gasteiger partial charge < -0.3 is 10.1 Å². The second kappa shape index (κ2) is 8.47. The summed E-state index contributed by atoms with van der Waals surface area (Å²) in [6.07, 6.45) is 2.83. The van der Waals surface area contributed by atoms with Gasteiger partial charge in [0.1, 0.15) is 0 Å². The first-order valence-electron chi connectivity index (χ1n) is 7.49. The van der Waals surface area contributed by atoms with Gasteiger partial charge in [-0.15, -0.1) is 0 Å². The summed E-state index contributed by atoms with van der Waals surface area (Å²) in [4.78, 5) is 29.7. The van der Waals surface area contributed by atoms with Gasteiger partial charge in [0.2, 0.25) is 5.91 Å². The Balaban J connectivity index is 1.79. The molecule has 23 heavy (non-hydrogen) atoms. The number of esters is 1. The summed E-state index contributed by atoms with van der Waals surface area (Å²) in [5.74, 6) is -0.117. The number of ether oxygens (including phenoxy) is 1. The van der Waals surface area contributed by atoms with Gasteiger partial charge >= 0.3 is 5.97 Å². The average Bonchev–Trinajstić information content (AvgIpc) is 2.51. The molecular formula is C15H19Cl2N3O3. The molecule has 0 radical (unpaired) electrons. The number of nitrogens with one attached hydrogen (secondary N) is 1. The number of rotatable bonds is 5. The first-order chi connectivity index (χ1) is 11.0. The Kier molecular flexibility index (Phi) is 6.62. The van der Waals surface area contributed by atoms with E-state index < -0.39 is 0 Å². The summed E-state index contributed by atoms with van der Waals surface area (Å²) < 4.78 is 5.03. The zero-order valence-corrected chi connectivity index (χ0v) is 14.4. The number of nitrogens with zero attached hydrogens (tertiary/aromatic N) is 2. The number of likely N-dealkylation sites (tertiary alicyclic amines) is 1. The molecule has 0 aromatic carbocycles. The Labute approximate surface area is 145 Å². The van der Waals surface area contributed by atoms with Crippen molar-refractivity contribution in [3.63, 3.8) is 0 Å². The maximum atomic E-state index is 12.1. The van der Waals surface area contributed by atoms with Gasteiger partial charge in [0.15, 0.2) is 5.82 Å². The van der Waals surface area contributed by atoms with Crippen molar-refractivity contribution in [2.45, 2.75) is 19.8 Å². The zero-order chi connectivity index (χ0) is 16.8. The number of piperidine rings is 1. The first-order valence-corrected chi connectivity index (χ1v) is 8.25. The van der Waals surface area contributed by atoms with Gasteiger partial charge in [0.25, 0.3) is 0 Å². The fourth-order valence-electron chi connectivity index (χ4n) is 2.47. The van der Waals surface area contributed by atoms with Crippen LogP contribution >= 0.6 is 23.2 Å².